The average Bonchev–Trinajstić information content (AvgIpc) is 3.25. The number of quaternary nitrogens is 1. The molecule has 7 N–H and O–H groups in total. The van der Waals surface area contributed by atoms with Crippen molar-refractivity contribution in [2.24, 2.45) is 17.2 Å². The van der Waals surface area contributed by atoms with Crippen molar-refractivity contribution in [2.75, 3.05) is 33.3 Å². The minimum absolute atomic E-state index is 0.159. The summed E-state index contributed by atoms with van der Waals surface area (Å²) in [6.07, 6.45) is 8.43. The zero-order valence-electron chi connectivity index (χ0n) is 20.2. The Hall–Kier alpha value is -2.24. The third-order valence-electron chi connectivity index (χ3n) is 6.05. The number of guanidine groups is 1. The number of nitrogens with one attached hydrogen (secondary N) is 1. The number of hydrogen-bond acceptors (Lipinski definition) is 7. The van der Waals surface area contributed by atoms with Crippen LogP contribution in [0.4, 0.5) is 0 Å². The number of ether oxygens (including phenoxy) is 2. The Morgan fingerprint density at radius 3 is 2.79 bits per heavy atom. The Balaban J connectivity index is 1.91. The van der Waals surface area contributed by atoms with Crippen LogP contribution in [-0.4, -0.2) is 70.7 Å². The predicted molar refractivity (Wildman–Crippen MR) is 130 cm³/mol. The van der Waals surface area contributed by atoms with Gasteiger partial charge in [0, 0.05) is 18.9 Å². The third-order valence-corrected chi connectivity index (χ3v) is 6.56. The summed E-state index contributed by atoms with van der Waals surface area (Å²) < 4.78 is 21.1. The molecule has 2 heterocycles. The van der Waals surface area contributed by atoms with Crippen molar-refractivity contribution in [1.29, 1.82) is 0 Å². The number of rotatable bonds is 14. The maximum Gasteiger partial charge on any atom is 0.338 e. The second-order valence-electron chi connectivity index (χ2n) is 8.87. The molecule has 0 amide bonds. The van der Waals surface area contributed by atoms with Gasteiger partial charge in [0.1, 0.15) is 18.3 Å². The van der Waals surface area contributed by atoms with Crippen LogP contribution in [0.15, 0.2) is 6.08 Å². The number of carbonyl (C=O) groups excluding carboxylic acids is 1. The molecule has 3 atom stereocenters. The van der Waals surface area contributed by atoms with Gasteiger partial charge in [-0.05, 0) is 19.3 Å². The van der Waals surface area contributed by atoms with Gasteiger partial charge in [-0.3, -0.25) is 25.7 Å². The largest absolute Gasteiger partial charge is 0.475 e. The van der Waals surface area contributed by atoms with Crippen LogP contribution >= 0.6 is 11.7 Å². The fourth-order valence-electron chi connectivity index (χ4n) is 3.77. The second kappa shape index (κ2) is 13.5. The number of hydrogen-bond donors (Lipinski definition) is 4. The smallest absolute Gasteiger partial charge is 0.338 e. The molecule has 186 valence electrons. The molecule has 1 aromatic rings. The molecule has 0 radical (unpaired) electrons. The number of carbonyl (C=O) groups is 1. The van der Waals surface area contributed by atoms with Crippen LogP contribution in [0.25, 0.3) is 5.57 Å². The summed E-state index contributed by atoms with van der Waals surface area (Å²) in [5, 5.41) is 0. The van der Waals surface area contributed by atoms with Gasteiger partial charge >= 0.3 is 11.9 Å². The number of aromatic nitrogens is 2. The van der Waals surface area contributed by atoms with Crippen molar-refractivity contribution in [1.82, 2.24) is 8.75 Å². The van der Waals surface area contributed by atoms with Crippen LogP contribution in [0.1, 0.15) is 64.5 Å². The molecular weight excluding hydrogens is 442 g/mol. The van der Waals surface area contributed by atoms with Gasteiger partial charge in [-0.2, -0.15) is 4.37 Å². The van der Waals surface area contributed by atoms with Gasteiger partial charge in [-0.1, -0.05) is 32.3 Å². The van der Waals surface area contributed by atoms with E-state index in [-0.39, 0.29) is 12.2 Å². The lowest BCUT2D eigenvalue weighted by Gasteiger charge is -2.41. The monoisotopic (exact) mass is 483 g/mol. The van der Waals surface area contributed by atoms with Crippen LogP contribution < -0.4 is 26.9 Å². The molecule has 0 saturated heterocycles. The number of nitrogens with two attached hydrogens (primary N) is 3. The van der Waals surface area contributed by atoms with Crippen molar-refractivity contribution in [3.8, 4) is 5.88 Å². The lowest BCUT2D eigenvalue weighted by molar-refractivity contribution is -0.944. The van der Waals surface area contributed by atoms with Gasteiger partial charge < -0.3 is 15.2 Å². The highest BCUT2D eigenvalue weighted by Gasteiger charge is 2.37. The summed E-state index contributed by atoms with van der Waals surface area (Å²) in [5.41, 5.74) is 18.7. The standard InChI is InChI=1S/C22H40N7O3S/c1-4-5-6-7-14-31-20-19(27-33-28-20)17-10-9-13-29(3,15-17)16(2)32-21(30)18(23)11-8-12-26-22(24)25/h10,16,18H,4-9,11-15,23H2,1-3H3,(H4,24,25,26)/q+1/p+1/t16-,18+,29?/m1/s1. The minimum atomic E-state index is -0.685. The zero-order valence-corrected chi connectivity index (χ0v) is 21.0. The molecule has 1 aliphatic heterocycles. The van der Waals surface area contributed by atoms with E-state index in [0.29, 0.717) is 42.9 Å². The second-order valence-corrected chi connectivity index (χ2v) is 9.40. The molecule has 2 rings (SSSR count). The average molecular weight is 484 g/mol. The molecule has 0 spiro atoms. The van der Waals surface area contributed by atoms with E-state index in [2.05, 4.69) is 33.8 Å². The van der Waals surface area contributed by atoms with E-state index in [9.17, 15) is 4.79 Å². The van der Waals surface area contributed by atoms with Gasteiger partial charge in [0.15, 0.2) is 0 Å². The van der Waals surface area contributed by atoms with E-state index < -0.39 is 12.0 Å². The quantitative estimate of drug-likeness (QED) is 0.0954. The number of unbranched alkanes of at least 4 members (excludes halogenated alkanes) is 3. The van der Waals surface area contributed by atoms with Crippen molar-refractivity contribution in [2.45, 2.75) is 71.1 Å². The highest BCUT2D eigenvalue weighted by Crippen LogP contribution is 2.31. The lowest BCUT2D eigenvalue weighted by Crippen LogP contribution is -2.78. The number of esters is 1. The van der Waals surface area contributed by atoms with E-state index in [0.717, 1.165) is 37.1 Å². The molecule has 11 heteroatoms. The van der Waals surface area contributed by atoms with Gasteiger partial charge in [0.05, 0.1) is 38.5 Å². The predicted octanol–water partition coefficient (Wildman–Crippen LogP) is 0.0816. The topological polar surface area (TPSA) is 153 Å². The summed E-state index contributed by atoms with van der Waals surface area (Å²) in [7, 11) is 2.09. The lowest BCUT2D eigenvalue weighted by atomic mass is 10.0. The van der Waals surface area contributed by atoms with Crippen molar-refractivity contribution < 1.29 is 23.7 Å². The molecule has 0 aromatic carbocycles. The normalized spacial score (nSPS) is 19.9. The molecule has 0 fully saturated rings. The van der Waals surface area contributed by atoms with Gasteiger partial charge in [-0.15, -0.1) is 4.37 Å². The SMILES string of the molecule is CCCCCCOc1nsnc1C1=CCC[N+](C)([C@@H](C)OC(=O)[C@@H](N)CCC[NH+]=C(N)N)C1. The molecule has 0 aliphatic carbocycles. The first-order valence-electron chi connectivity index (χ1n) is 11.8. The number of likely N-dealkylation sites (N-methyl/N-ethyl adjacent to an activating group) is 1. The van der Waals surface area contributed by atoms with Crippen molar-refractivity contribution >= 4 is 29.2 Å². The zero-order chi connectivity index (χ0) is 24.3. The van der Waals surface area contributed by atoms with Gasteiger partial charge in [0.2, 0.25) is 6.23 Å². The van der Waals surface area contributed by atoms with Gasteiger partial charge in [0.25, 0.3) is 5.88 Å². The first kappa shape index (κ1) is 27.0. The molecule has 1 aromatic heterocycles. The van der Waals surface area contributed by atoms with E-state index in [1.807, 2.05) is 6.92 Å². The van der Waals surface area contributed by atoms with Crippen LogP contribution in [-0.2, 0) is 9.53 Å². The Morgan fingerprint density at radius 2 is 2.06 bits per heavy atom. The summed E-state index contributed by atoms with van der Waals surface area (Å²) >= 11 is 1.17. The maximum atomic E-state index is 12.5. The third kappa shape index (κ3) is 8.56. The maximum absolute atomic E-state index is 12.5. The van der Waals surface area contributed by atoms with Crippen molar-refractivity contribution in [3.05, 3.63) is 11.8 Å². The summed E-state index contributed by atoms with van der Waals surface area (Å²) in [4.78, 5) is 15.4. The fraction of sp³-hybridized carbons (Fsp3) is 0.727. The first-order valence-corrected chi connectivity index (χ1v) is 12.6. The van der Waals surface area contributed by atoms with E-state index in [1.165, 1.54) is 24.6 Å². The highest BCUT2D eigenvalue weighted by molar-refractivity contribution is 6.99. The first-order chi connectivity index (χ1) is 15.8. The molecular formula is C22H41N7O3S+2. The van der Waals surface area contributed by atoms with Crippen molar-refractivity contribution in [3.63, 3.8) is 0 Å². The Labute approximate surface area is 201 Å². The van der Waals surface area contributed by atoms with E-state index in [1.54, 1.807) is 0 Å². The Kier molecular flexibility index (Phi) is 11.0. The van der Waals surface area contributed by atoms with Crippen LogP contribution in [0, 0.1) is 0 Å². The summed E-state index contributed by atoms with van der Waals surface area (Å²) in [5.74, 6) is 0.368. The molecule has 0 saturated carbocycles. The summed E-state index contributed by atoms with van der Waals surface area (Å²) in [6.45, 7) is 6.85. The van der Waals surface area contributed by atoms with Crippen LogP contribution in [0.2, 0.25) is 0 Å². The van der Waals surface area contributed by atoms with E-state index in [4.69, 9.17) is 26.7 Å². The number of nitrogens with zero attached hydrogens (tertiary/aromatic N) is 3. The summed E-state index contributed by atoms with van der Waals surface area (Å²) in [6, 6.07) is -0.685. The van der Waals surface area contributed by atoms with Crippen LogP contribution in [0.3, 0.4) is 0 Å². The molecule has 1 aliphatic rings. The fourth-order valence-corrected chi connectivity index (χ4v) is 4.30. The Morgan fingerprint density at radius 1 is 1.27 bits per heavy atom. The molecule has 1 unspecified atom stereocenters. The molecule has 0 bridgehead atoms. The Bertz CT molecular complexity index is 810. The van der Waals surface area contributed by atoms with Gasteiger partial charge in [-0.25, -0.2) is 0 Å². The minimum Gasteiger partial charge on any atom is -0.475 e. The molecule has 10 nitrogen and oxygen atoms in total. The van der Waals surface area contributed by atoms with Crippen LogP contribution in [0.5, 0.6) is 5.88 Å². The highest BCUT2D eigenvalue weighted by atomic mass is 32.1. The van der Waals surface area contributed by atoms with E-state index >= 15 is 0 Å². The molecule has 33 heavy (non-hydrogen) atoms.